The highest BCUT2D eigenvalue weighted by Crippen LogP contribution is 2.15. The van der Waals surface area contributed by atoms with E-state index in [9.17, 15) is 18.3 Å². The number of hydrogen-bond donors (Lipinski definition) is 2. The number of carbonyl (C=O) groups is 1. The fraction of sp³-hybridized carbons (Fsp3) is 0.417. The van der Waals surface area contributed by atoms with Crippen LogP contribution in [-0.4, -0.2) is 38.0 Å². The molecule has 0 spiro atoms. The Kier molecular flexibility index (Phi) is 5.15. The standard InChI is InChI=1S/C12H17NO4S/c1-18(16,17)8-4-7-13-12(15)9-10-5-2-3-6-11(10)14/h2-3,5-6,14H,4,7-9H2,1H3,(H,13,15). The van der Waals surface area contributed by atoms with Gasteiger partial charge in [-0.3, -0.25) is 4.79 Å². The highest BCUT2D eigenvalue weighted by atomic mass is 32.2. The van der Waals surface area contributed by atoms with Crippen molar-refractivity contribution < 1.29 is 18.3 Å². The van der Waals surface area contributed by atoms with Crippen LogP contribution in [0.25, 0.3) is 0 Å². The highest BCUT2D eigenvalue weighted by Gasteiger charge is 2.07. The predicted molar refractivity (Wildman–Crippen MR) is 69.1 cm³/mol. The molecule has 0 bridgehead atoms. The summed E-state index contributed by atoms with van der Waals surface area (Å²) in [6.45, 7) is 0.319. The van der Waals surface area contributed by atoms with Crippen LogP contribution in [-0.2, 0) is 21.1 Å². The zero-order chi connectivity index (χ0) is 13.6. The molecule has 1 aromatic carbocycles. The van der Waals surface area contributed by atoms with Gasteiger partial charge in [-0.1, -0.05) is 18.2 Å². The molecule has 0 aliphatic heterocycles. The van der Waals surface area contributed by atoms with E-state index in [0.717, 1.165) is 6.26 Å². The lowest BCUT2D eigenvalue weighted by molar-refractivity contribution is -0.120. The zero-order valence-corrected chi connectivity index (χ0v) is 11.0. The third-order valence-electron chi connectivity index (χ3n) is 2.36. The molecule has 1 amide bonds. The average Bonchev–Trinajstić information content (AvgIpc) is 2.26. The molecule has 18 heavy (non-hydrogen) atoms. The van der Waals surface area contributed by atoms with Crippen molar-refractivity contribution in [2.75, 3.05) is 18.6 Å². The van der Waals surface area contributed by atoms with E-state index < -0.39 is 9.84 Å². The molecule has 0 saturated heterocycles. The maximum absolute atomic E-state index is 11.5. The van der Waals surface area contributed by atoms with Crippen molar-refractivity contribution in [2.24, 2.45) is 0 Å². The van der Waals surface area contributed by atoms with Crippen LogP contribution in [0.15, 0.2) is 24.3 Å². The molecule has 0 aliphatic carbocycles. The summed E-state index contributed by atoms with van der Waals surface area (Å²) in [7, 11) is -2.98. The van der Waals surface area contributed by atoms with Crippen LogP contribution in [0, 0.1) is 0 Å². The van der Waals surface area contributed by atoms with Gasteiger partial charge in [0.1, 0.15) is 15.6 Å². The number of phenolic OH excluding ortho intramolecular Hbond substituents is 1. The van der Waals surface area contributed by atoms with Crippen molar-refractivity contribution in [3.8, 4) is 5.75 Å². The van der Waals surface area contributed by atoms with Gasteiger partial charge in [0.05, 0.1) is 12.2 Å². The minimum absolute atomic E-state index is 0.0594. The van der Waals surface area contributed by atoms with Crippen LogP contribution in [0.3, 0.4) is 0 Å². The number of aromatic hydroxyl groups is 1. The average molecular weight is 271 g/mol. The molecule has 0 radical (unpaired) electrons. The Bertz CT molecular complexity index is 511. The molecule has 0 aromatic heterocycles. The molecule has 0 atom stereocenters. The van der Waals surface area contributed by atoms with E-state index in [4.69, 9.17) is 0 Å². The minimum Gasteiger partial charge on any atom is -0.508 e. The van der Waals surface area contributed by atoms with Crippen LogP contribution in [0.2, 0.25) is 0 Å². The summed E-state index contributed by atoms with van der Waals surface area (Å²) in [6.07, 6.45) is 1.65. The second-order valence-electron chi connectivity index (χ2n) is 4.14. The minimum atomic E-state index is -2.98. The topological polar surface area (TPSA) is 83.5 Å². The van der Waals surface area contributed by atoms with E-state index in [1.54, 1.807) is 18.2 Å². The van der Waals surface area contributed by atoms with Crippen LogP contribution in [0.4, 0.5) is 0 Å². The number of rotatable bonds is 6. The number of hydrogen-bond acceptors (Lipinski definition) is 4. The Morgan fingerprint density at radius 2 is 2.00 bits per heavy atom. The van der Waals surface area contributed by atoms with Gasteiger partial charge in [0, 0.05) is 18.4 Å². The number of benzene rings is 1. The normalized spacial score (nSPS) is 11.2. The van der Waals surface area contributed by atoms with E-state index in [-0.39, 0.29) is 23.8 Å². The lowest BCUT2D eigenvalue weighted by atomic mass is 10.1. The Hall–Kier alpha value is -1.56. The summed E-state index contributed by atoms with van der Waals surface area (Å²) in [5.41, 5.74) is 0.554. The van der Waals surface area contributed by atoms with E-state index in [2.05, 4.69) is 5.32 Å². The molecular formula is C12H17NO4S. The second kappa shape index (κ2) is 6.39. The third-order valence-corrected chi connectivity index (χ3v) is 3.39. The van der Waals surface area contributed by atoms with Crippen molar-refractivity contribution in [1.29, 1.82) is 0 Å². The van der Waals surface area contributed by atoms with Crippen molar-refractivity contribution in [1.82, 2.24) is 5.32 Å². The molecule has 0 unspecified atom stereocenters. The quantitative estimate of drug-likeness (QED) is 0.737. The van der Waals surface area contributed by atoms with Crippen LogP contribution in [0.5, 0.6) is 5.75 Å². The first-order valence-corrected chi connectivity index (χ1v) is 7.66. The van der Waals surface area contributed by atoms with Crippen molar-refractivity contribution in [3.05, 3.63) is 29.8 Å². The van der Waals surface area contributed by atoms with Crippen molar-refractivity contribution >= 4 is 15.7 Å². The van der Waals surface area contributed by atoms with Gasteiger partial charge in [-0.2, -0.15) is 0 Å². The van der Waals surface area contributed by atoms with Gasteiger partial charge in [0.2, 0.25) is 5.91 Å². The van der Waals surface area contributed by atoms with E-state index >= 15 is 0 Å². The summed E-state index contributed by atoms with van der Waals surface area (Å²) >= 11 is 0. The molecule has 6 heteroatoms. The number of sulfone groups is 1. The molecule has 2 N–H and O–H groups in total. The molecule has 1 aromatic rings. The molecule has 0 saturated carbocycles. The van der Waals surface area contributed by atoms with Crippen molar-refractivity contribution in [2.45, 2.75) is 12.8 Å². The van der Waals surface area contributed by atoms with Crippen LogP contribution < -0.4 is 5.32 Å². The predicted octanol–water partition coefficient (Wildman–Crippen LogP) is 0.486. The number of phenols is 1. The SMILES string of the molecule is CS(=O)(=O)CCCNC(=O)Cc1ccccc1O. The second-order valence-corrected chi connectivity index (χ2v) is 6.40. The van der Waals surface area contributed by atoms with Gasteiger partial charge in [0.25, 0.3) is 0 Å². The molecule has 0 heterocycles. The Balaban J connectivity index is 2.33. The lowest BCUT2D eigenvalue weighted by Gasteiger charge is -2.06. The van der Waals surface area contributed by atoms with Gasteiger partial charge >= 0.3 is 0 Å². The maximum atomic E-state index is 11.5. The van der Waals surface area contributed by atoms with Crippen LogP contribution >= 0.6 is 0 Å². The van der Waals surface area contributed by atoms with Gasteiger partial charge in [-0.25, -0.2) is 8.42 Å². The van der Waals surface area contributed by atoms with Gasteiger partial charge < -0.3 is 10.4 Å². The molecule has 5 nitrogen and oxygen atoms in total. The zero-order valence-electron chi connectivity index (χ0n) is 10.2. The van der Waals surface area contributed by atoms with Gasteiger partial charge in [-0.15, -0.1) is 0 Å². The van der Waals surface area contributed by atoms with Gasteiger partial charge in [0.15, 0.2) is 0 Å². The van der Waals surface area contributed by atoms with E-state index in [1.807, 2.05) is 0 Å². The summed E-state index contributed by atoms with van der Waals surface area (Å²) in [4.78, 5) is 11.5. The maximum Gasteiger partial charge on any atom is 0.224 e. The van der Waals surface area contributed by atoms with Crippen molar-refractivity contribution in [3.63, 3.8) is 0 Å². The first kappa shape index (κ1) is 14.5. The number of nitrogens with one attached hydrogen (secondary N) is 1. The Labute approximate surface area is 107 Å². The fourth-order valence-corrected chi connectivity index (χ4v) is 2.13. The summed E-state index contributed by atoms with van der Waals surface area (Å²) in [6, 6.07) is 6.62. The smallest absolute Gasteiger partial charge is 0.224 e. The monoisotopic (exact) mass is 271 g/mol. The number of carbonyl (C=O) groups excluding carboxylic acids is 1. The Morgan fingerprint density at radius 3 is 2.61 bits per heavy atom. The molecular weight excluding hydrogens is 254 g/mol. The Morgan fingerprint density at radius 1 is 1.33 bits per heavy atom. The molecule has 0 fully saturated rings. The number of para-hydroxylation sites is 1. The highest BCUT2D eigenvalue weighted by molar-refractivity contribution is 7.90. The van der Waals surface area contributed by atoms with Gasteiger partial charge in [-0.05, 0) is 12.5 Å². The fourth-order valence-electron chi connectivity index (χ4n) is 1.46. The lowest BCUT2D eigenvalue weighted by Crippen LogP contribution is -2.27. The van der Waals surface area contributed by atoms with E-state index in [1.165, 1.54) is 6.07 Å². The molecule has 100 valence electrons. The first-order chi connectivity index (χ1) is 8.38. The summed E-state index contributed by atoms with van der Waals surface area (Å²) in [5.74, 6) is -0.0852. The first-order valence-electron chi connectivity index (χ1n) is 5.60. The number of amides is 1. The van der Waals surface area contributed by atoms with Crippen LogP contribution in [0.1, 0.15) is 12.0 Å². The molecule has 0 aliphatic rings. The summed E-state index contributed by atoms with van der Waals surface area (Å²) < 4.78 is 21.7. The third kappa shape index (κ3) is 5.67. The van der Waals surface area contributed by atoms with E-state index in [0.29, 0.717) is 18.5 Å². The summed E-state index contributed by atoms with van der Waals surface area (Å²) in [5, 5.41) is 12.1. The molecule has 1 rings (SSSR count). The largest absolute Gasteiger partial charge is 0.508 e.